The molecular weight excluding hydrogens is 460 g/mol. The molecule has 192 valence electrons. The van der Waals surface area contributed by atoms with Crippen molar-refractivity contribution in [3.8, 4) is 11.5 Å². The number of nitrogens with one attached hydrogen (secondary N) is 3. The predicted octanol–water partition coefficient (Wildman–Crippen LogP) is 1.98. The minimum absolute atomic E-state index is 0.0324. The maximum absolute atomic E-state index is 13.1. The molecule has 1 saturated heterocycles. The molecule has 2 aliphatic rings. The Balaban J connectivity index is 1.48. The van der Waals surface area contributed by atoms with Gasteiger partial charge in [-0.25, -0.2) is 0 Å². The van der Waals surface area contributed by atoms with Crippen molar-refractivity contribution in [2.75, 3.05) is 39.8 Å². The molecular formula is C27H34N4O5. The Bertz CT molecular complexity index is 1060. The highest BCUT2D eigenvalue weighted by Gasteiger charge is 2.31. The van der Waals surface area contributed by atoms with E-state index in [0.717, 1.165) is 12.8 Å². The van der Waals surface area contributed by atoms with Gasteiger partial charge < -0.3 is 30.3 Å². The van der Waals surface area contributed by atoms with Crippen molar-refractivity contribution >= 4 is 17.7 Å². The minimum atomic E-state index is -0.342. The number of hydrogen-bond acceptors (Lipinski definition) is 6. The average molecular weight is 495 g/mol. The number of ether oxygens (including phenoxy) is 2. The molecule has 0 radical (unpaired) electrons. The van der Waals surface area contributed by atoms with Crippen LogP contribution in [0.25, 0.3) is 0 Å². The Kier molecular flexibility index (Phi) is 8.78. The van der Waals surface area contributed by atoms with Crippen LogP contribution in [-0.4, -0.2) is 74.6 Å². The molecule has 0 saturated carbocycles. The topological polar surface area (TPSA) is 109 Å². The number of rotatable bonds is 2. The standard InChI is InChI=1S/C27H34N4O5/c1-35-23-11-10-20-16-24(23)36-21-17-22(30-18-21)26(33)29-12-5-6-14-31(15-7-13-28-25(20)32)27(34)19-8-3-2-4-9-19/h2-4,8-11,16,21-22,30H,5-7,12-15,17-18H2,1H3,(H,28,32)(H,29,33)/t21-,22-/m0/s1. The van der Waals surface area contributed by atoms with E-state index in [9.17, 15) is 14.4 Å². The minimum Gasteiger partial charge on any atom is -0.493 e. The maximum Gasteiger partial charge on any atom is 0.253 e. The Morgan fingerprint density at radius 2 is 1.78 bits per heavy atom. The summed E-state index contributed by atoms with van der Waals surface area (Å²) in [6.45, 7) is 2.60. The van der Waals surface area contributed by atoms with Crippen molar-refractivity contribution in [3.05, 3.63) is 59.7 Å². The summed E-state index contributed by atoms with van der Waals surface area (Å²) in [5.74, 6) is 0.686. The van der Waals surface area contributed by atoms with Crippen LogP contribution in [0.1, 0.15) is 46.4 Å². The third kappa shape index (κ3) is 6.54. The highest BCUT2D eigenvalue weighted by atomic mass is 16.5. The average Bonchev–Trinajstić information content (AvgIpc) is 3.37. The zero-order valence-electron chi connectivity index (χ0n) is 20.6. The van der Waals surface area contributed by atoms with E-state index in [2.05, 4.69) is 16.0 Å². The van der Waals surface area contributed by atoms with Gasteiger partial charge in [-0.1, -0.05) is 18.2 Å². The van der Waals surface area contributed by atoms with Gasteiger partial charge in [0.25, 0.3) is 11.8 Å². The summed E-state index contributed by atoms with van der Waals surface area (Å²) in [5, 5.41) is 9.15. The van der Waals surface area contributed by atoms with Crippen LogP contribution in [0.15, 0.2) is 48.5 Å². The molecule has 0 unspecified atom stereocenters. The molecule has 4 rings (SSSR count). The van der Waals surface area contributed by atoms with E-state index in [4.69, 9.17) is 9.47 Å². The number of methoxy groups -OCH3 is 1. The fourth-order valence-electron chi connectivity index (χ4n) is 4.50. The van der Waals surface area contributed by atoms with E-state index in [1.807, 2.05) is 35.2 Å². The fraction of sp³-hybridized carbons (Fsp3) is 0.444. The van der Waals surface area contributed by atoms with Crippen LogP contribution in [0.4, 0.5) is 0 Å². The van der Waals surface area contributed by atoms with Crippen molar-refractivity contribution in [1.82, 2.24) is 20.9 Å². The van der Waals surface area contributed by atoms with Gasteiger partial charge in [0.2, 0.25) is 5.91 Å². The second-order valence-electron chi connectivity index (χ2n) is 9.07. The first-order valence-electron chi connectivity index (χ1n) is 12.5. The fourth-order valence-corrected chi connectivity index (χ4v) is 4.50. The number of nitrogens with zero attached hydrogens (tertiary/aromatic N) is 1. The molecule has 3 amide bonds. The molecule has 2 heterocycles. The van der Waals surface area contributed by atoms with Gasteiger partial charge in [-0.05, 0) is 49.6 Å². The van der Waals surface area contributed by atoms with Gasteiger partial charge in [-0.15, -0.1) is 0 Å². The van der Waals surface area contributed by atoms with Gasteiger partial charge in [0, 0.05) is 50.3 Å². The highest BCUT2D eigenvalue weighted by molar-refractivity contribution is 5.95. The first-order chi connectivity index (χ1) is 17.5. The molecule has 36 heavy (non-hydrogen) atoms. The normalized spacial score (nSPS) is 21.8. The zero-order valence-corrected chi connectivity index (χ0v) is 20.6. The van der Waals surface area contributed by atoms with Gasteiger partial charge in [0.05, 0.1) is 13.2 Å². The molecule has 2 aromatic rings. The third-order valence-corrected chi connectivity index (χ3v) is 6.48. The number of carbonyl (C=O) groups excluding carboxylic acids is 3. The summed E-state index contributed by atoms with van der Waals surface area (Å²) in [7, 11) is 1.55. The first kappa shape index (κ1) is 25.5. The van der Waals surface area contributed by atoms with Crippen molar-refractivity contribution < 1.29 is 23.9 Å². The Labute approximate surface area is 211 Å². The van der Waals surface area contributed by atoms with E-state index in [1.54, 1.807) is 25.3 Å². The summed E-state index contributed by atoms with van der Waals surface area (Å²) in [6.07, 6.45) is 2.45. The number of benzene rings is 2. The number of hydrogen-bond donors (Lipinski definition) is 3. The molecule has 0 aliphatic carbocycles. The lowest BCUT2D eigenvalue weighted by atomic mass is 10.1. The molecule has 2 atom stereocenters. The van der Waals surface area contributed by atoms with Gasteiger partial charge in [-0.3, -0.25) is 14.4 Å². The van der Waals surface area contributed by atoms with Gasteiger partial charge in [0.15, 0.2) is 11.5 Å². The van der Waals surface area contributed by atoms with E-state index in [-0.39, 0.29) is 29.9 Å². The molecule has 0 spiro atoms. The Hall–Kier alpha value is -3.59. The van der Waals surface area contributed by atoms with Crippen LogP contribution in [0.3, 0.4) is 0 Å². The van der Waals surface area contributed by atoms with E-state index in [0.29, 0.717) is 68.2 Å². The summed E-state index contributed by atoms with van der Waals surface area (Å²) >= 11 is 0. The quantitative estimate of drug-likeness (QED) is 0.589. The lowest BCUT2D eigenvalue weighted by molar-refractivity contribution is -0.122. The summed E-state index contributed by atoms with van der Waals surface area (Å²) in [4.78, 5) is 40.3. The van der Waals surface area contributed by atoms with Crippen molar-refractivity contribution in [2.24, 2.45) is 0 Å². The number of amides is 3. The molecule has 2 aliphatic heterocycles. The lowest BCUT2D eigenvalue weighted by Crippen LogP contribution is -2.41. The molecule has 0 aromatic heterocycles. The number of carbonyl (C=O) groups is 3. The van der Waals surface area contributed by atoms with Gasteiger partial charge >= 0.3 is 0 Å². The smallest absolute Gasteiger partial charge is 0.253 e. The third-order valence-electron chi connectivity index (χ3n) is 6.48. The Morgan fingerprint density at radius 3 is 2.58 bits per heavy atom. The molecule has 3 N–H and O–H groups in total. The van der Waals surface area contributed by atoms with Crippen LogP contribution in [0.2, 0.25) is 0 Å². The summed E-state index contributed by atoms with van der Waals surface area (Å²) in [6, 6.07) is 13.9. The second-order valence-corrected chi connectivity index (χ2v) is 9.07. The van der Waals surface area contributed by atoms with Crippen molar-refractivity contribution in [1.29, 1.82) is 0 Å². The van der Waals surface area contributed by atoms with Crippen LogP contribution >= 0.6 is 0 Å². The second kappa shape index (κ2) is 12.4. The van der Waals surface area contributed by atoms with Crippen LogP contribution in [0.5, 0.6) is 11.5 Å². The monoisotopic (exact) mass is 494 g/mol. The first-order valence-corrected chi connectivity index (χ1v) is 12.5. The molecule has 4 bridgehead atoms. The van der Waals surface area contributed by atoms with E-state index >= 15 is 0 Å². The van der Waals surface area contributed by atoms with Crippen molar-refractivity contribution in [2.45, 2.75) is 37.8 Å². The van der Waals surface area contributed by atoms with Crippen LogP contribution < -0.4 is 25.4 Å². The van der Waals surface area contributed by atoms with Gasteiger partial charge in [-0.2, -0.15) is 0 Å². The molecule has 2 aromatic carbocycles. The predicted molar refractivity (Wildman–Crippen MR) is 135 cm³/mol. The van der Waals surface area contributed by atoms with Gasteiger partial charge in [0.1, 0.15) is 6.10 Å². The summed E-state index contributed by atoms with van der Waals surface area (Å²) < 4.78 is 11.5. The lowest BCUT2D eigenvalue weighted by Gasteiger charge is -2.23. The zero-order chi connectivity index (χ0) is 25.3. The van der Waals surface area contributed by atoms with Crippen LogP contribution in [-0.2, 0) is 4.79 Å². The Morgan fingerprint density at radius 1 is 1.00 bits per heavy atom. The molecule has 1 fully saturated rings. The van der Waals surface area contributed by atoms with Crippen molar-refractivity contribution in [3.63, 3.8) is 0 Å². The summed E-state index contributed by atoms with van der Waals surface area (Å²) in [5.41, 5.74) is 1.10. The largest absolute Gasteiger partial charge is 0.493 e. The maximum atomic E-state index is 13.1. The van der Waals surface area contributed by atoms with E-state index in [1.165, 1.54) is 0 Å². The van der Waals surface area contributed by atoms with E-state index < -0.39 is 0 Å². The highest BCUT2D eigenvalue weighted by Crippen LogP contribution is 2.30. The molecule has 9 nitrogen and oxygen atoms in total. The molecule has 9 heteroatoms. The van der Waals surface area contributed by atoms with Crippen LogP contribution in [0, 0.1) is 0 Å². The SMILES string of the molecule is COc1ccc2cc1O[C@@H]1CN[C@@H](C1)C(=O)NCCCCN(C(=O)c1ccccc1)CCCNC2=O. The number of fused-ring (bicyclic) bond motifs is 4.